The van der Waals surface area contributed by atoms with Gasteiger partial charge in [-0.2, -0.15) is 0 Å². The van der Waals surface area contributed by atoms with Crippen LogP contribution in [0.3, 0.4) is 0 Å². The highest BCUT2D eigenvalue weighted by Gasteiger charge is 2.35. The topological polar surface area (TPSA) is 86.9 Å². The SMILES string of the molecule is COc1ccc(CN(CCc2c[nH]c3ccccc23)C(=O)CN(C(=O)Nc2ccc(F)cc2F)C2CC2)cc1OC. The minimum atomic E-state index is -0.880. The van der Waals surface area contributed by atoms with Crippen molar-refractivity contribution in [1.29, 1.82) is 0 Å². The number of fused-ring (bicyclic) bond motifs is 1. The Hall–Kier alpha value is -4.60. The smallest absolute Gasteiger partial charge is 0.322 e. The van der Waals surface area contributed by atoms with Crippen molar-refractivity contribution in [2.45, 2.75) is 31.8 Å². The quantitative estimate of drug-likeness (QED) is 0.244. The first kappa shape index (κ1) is 27.9. The van der Waals surface area contributed by atoms with Crippen molar-refractivity contribution in [1.82, 2.24) is 14.8 Å². The van der Waals surface area contributed by atoms with Gasteiger partial charge in [-0.1, -0.05) is 24.3 Å². The van der Waals surface area contributed by atoms with Gasteiger partial charge in [-0.3, -0.25) is 4.79 Å². The number of rotatable bonds is 11. The molecule has 4 aromatic rings. The van der Waals surface area contributed by atoms with E-state index in [0.717, 1.165) is 40.9 Å². The Labute approximate surface area is 236 Å². The monoisotopic (exact) mass is 562 g/mol. The van der Waals surface area contributed by atoms with Crippen LogP contribution < -0.4 is 14.8 Å². The summed E-state index contributed by atoms with van der Waals surface area (Å²) in [6.07, 6.45) is 4.04. The van der Waals surface area contributed by atoms with Gasteiger partial charge < -0.3 is 29.6 Å². The lowest BCUT2D eigenvalue weighted by atomic mass is 10.1. The molecule has 0 radical (unpaired) electrons. The van der Waals surface area contributed by atoms with Crippen LogP contribution in [0.2, 0.25) is 0 Å². The molecule has 1 heterocycles. The van der Waals surface area contributed by atoms with E-state index < -0.39 is 17.7 Å². The van der Waals surface area contributed by atoms with E-state index in [2.05, 4.69) is 10.3 Å². The number of amides is 3. The highest BCUT2D eigenvalue weighted by molar-refractivity contribution is 5.93. The number of hydrogen-bond acceptors (Lipinski definition) is 4. The number of nitrogens with one attached hydrogen (secondary N) is 2. The number of halogens is 2. The standard InChI is InChI=1S/C31H32F2N4O4/c1-40-28-12-7-20(15-29(28)41-2)18-36(14-13-21-17-34-26-6-4-3-5-24(21)26)30(38)19-37(23-9-10-23)31(39)35-27-11-8-22(32)16-25(27)33/h3-8,11-12,15-17,23,34H,9-10,13-14,18-19H2,1-2H3,(H,35,39). The molecule has 1 aliphatic carbocycles. The largest absolute Gasteiger partial charge is 0.493 e. The molecule has 0 aliphatic heterocycles. The van der Waals surface area contributed by atoms with Crippen LogP contribution in [0.15, 0.2) is 66.9 Å². The number of anilines is 1. The molecule has 3 aromatic carbocycles. The zero-order valence-electron chi connectivity index (χ0n) is 23.0. The molecule has 0 saturated heterocycles. The van der Waals surface area contributed by atoms with Crippen molar-refractivity contribution in [2.75, 3.05) is 32.6 Å². The summed E-state index contributed by atoms with van der Waals surface area (Å²) in [7, 11) is 3.11. The third-order valence-corrected chi connectivity index (χ3v) is 7.23. The second-order valence-corrected chi connectivity index (χ2v) is 10.0. The molecule has 3 amide bonds. The second-order valence-electron chi connectivity index (χ2n) is 10.0. The molecule has 2 N–H and O–H groups in total. The molecule has 1 fully saturated rings. The summed E-state index contributed by atoms with van der Waals surface area (Å²) in [6, 6.07) is 15.7. The lowest BCUT2D eigenvalue weighted by molar-refractivity contribution is -0.132. The summed E-state index contributed by atoms with van der Waals surface area (Å²) >= 11 is 0. The van der Waals surface area contributed by atoms with Crippen molar-refractivity contribution in [3.63, 3.8) is 0 Å². The van der Waals surface area contributed by atoms with Crippen molar-refractivity contribution >= 4 is 28.5 Å². The number of urea groups is 1. The van der Waals surface area contributed by atoms with E-state index in [1.807, 2.05) is 42.6 Å². The van der Waals surface area contributed by atoms with Gasteiger partial charge in [-0.15, -0.1) is 0 Å². The molecule has 1 aromatic heterocycles. The second kappa shape index (κ2) is 12.3. The fraction of sp³-hybridized carbons (Fsp3) is 0.290. The van der Waals surface area contributed by atoms with E-state index in [1.54, 1.807) is 25.2 Å². The highest BCUT2D eigenvalue weighted by atomic mass is 19.1. The van der Waals surface area contributed by atoms with Gasteiger partial charge in [0.2, 0.25) is 5.91 Å². The maximum Gasteiger partial charge on any atom is 0.322 e. The van der Waals surface area contributed by atoms with Crippen LogP contribution >= 0.6 is 0 Å². The minimum absolute atomic E-state index is 0.126. The average molecular weight is 563 g/mol. The average Bonchev–Trinajstić information content (AvgIpc) is 3.74. The molecule has 41 heavy (non-hydrogen) atoms. The first-order valence-corrected chi connectivity index (χ1v) is 13.4. The molecular formula is C31H32F2N4O4. The van der Waals surface area contributed by atoms with Crippen molar-refractivity contribution in [3.8, 4) is 11.5 Å². The number of aromatic nitrogens is 1. The van der Waals surface area contributed by atoms with Gasteiger partial charge in [0.15, 0.2) is 11.5 Å². The Kier molecular flexibility index (Phi) is 8.37. The van der Waals surface area contributed by atoms with Crippen LogP contribution in [0.4, 0.5) is 19.3 Å². The van der Waals surface area contributed by atoms with Crippen LogP contribution in [-0.4, -0.2) is 60.1 Å². The molecule has 8 nitrogen and oxygen atoms in total. The van der Waals surface area contributed by atoms with E-state index in [9.17, 15) is 18.4 Å². The predicted molar refractivity (Wildman–Crippen MR) is 152 cm³/mol. The van der Waals surface area contributed by atoms with E-state index in [0.29, 0.717) is 30.5 Å². The van der Waals surface area contributed by atoms with E-state index in [-0.39, 0.29) is 30.7 Å². The minimum Gasteiger partial charge on any atom is -0.493 e. The number of carbonyl (C=O) groups is 2. The van der Waals surface area contributed by atoms with E-state index >= 15 is 0 Å². The molecule has 5 rings (SSSR count). The molecule has 1 saturated carbocycles. The fourth-order valence-corrected chi connectivity index (χ4v) is 4.86. The lowest BCUT2D eigenvalue weighted by Crippen LogP contribution is -2.46. The number of aromatic amines is 1. The zero-order valence-corrected chi connectivity index (χ0v) is 23.0. The maximum absolute atomic E-state index is 14.2. The number of H-pyrrole nitrogens is 1. The Bertz CT molecular complexity index is 1550. The Morgan fingerprint density at radius 3 is 2.51 bits per heavy atom. The summed E-state index contributed by atoms with van der Waals surface area (Å²) in [5.41, 5.74) is 2.79. The number of hydrogen-bond donors (Lipinski definition) is 2. The van der Waals surface area contributed by atoms with Crippen molar-refractivity contribution in [3.05, 3.63) is 89.6 Å². The van der Waals surface area contributed by atoms with Gasteiger partial charge in [0.1, 0.15) is 18.2 Å². The highest BCUT2D eigenvalue weighted by Crippen LogP contribution is 2.30. The van der Waals surface area contributed by atoms with Crippen molar-refractivity contribution in [2.24, 2.45) is 0 Å². The molecular weight excluding hydrogens is 530 g/mol. The van der Waals surface area contributed by atoms with Crippen LogP contribution in [0, 0.1) is 11.6 Å². The van der Waals surface area contributed by atoms with Crippen LogP contribution in [0.1, 0.15) is 24.0 Å². The molecule has 0 spiro atoms. The number of carbonyl (C=O) groups excluding carboxylic acids is 2. The van der Waals surface area contributed by atoms with Gasteiger partial charge in [-0.25, -0.2) is 13.6 Å². The zero-order chi connectivity index (χ0) is 28.9. The number of methoxy groups -OCH3 is 2. The first-order chi connectivity index (χ1) is 19.9. The summed E-state index contributed by atoms with van der Waals surface area (Å²) in [6.45, 7) is 0.510. The van der Waals surface area contributed by atoms with E-state index in [1.165, 1.54) is 11.0 Å². The Morgan fingerprint density at radius 1 is 1.00 bits per heavy atom. The molecule has 0 unspecified atom stereocenters. The number of nitrogens with zero attached hydrogens (tertiary/aromatic N) is 2. The maximum atomic E-state index is 14.2. The van der Waals surface area contributed by atoms with Gasteiger partial charge in [0, 0.05) is 42.3 Å². The summed E-state index contributed by atoms with van der Waals surface area (Å²) < 4.78 is 38.4. The number of ether oxygens (including phenoxy) is 2. The Morgan fingerprint density at radius 2 is 1.78 bits per heavy atom. The van der Waals surface area contributed by atoms with Crippen LogP contribution in [-0.2, 0) is 17.8 Å². The normalized spacial score (nSPS) is 12.7. The third-order valence-electron chi connectivity index (χ3n) is 7.23. The molecule has 214 valence electrons. The first-order valence-electron chi connectivity index (χ1n) is 13.4. The van der Waals surface area contributed by atoms with Gasteiger partial charge in [0.05, 0.1) is 19.9 Å². The van der Waals surface area contributed by atoms with Crippen LogP contribution in [0.25, 0.3) is 10.9 Å². The van der Waals surface area contributed by atoms with Gasteiger partial charge in [0.25, 0.3) is 0 Å². The number of para-hydroxylation sites is 1. The molecule has 10 heteroatoms. The number of benzene rings is 3. The molecule has 0 atom stereocenters. The molecule has 0 bridgehead atoms. The fourth-order valence-electron chi connectivity index (χ4n) is 4.86. The summed E-state index contributed by atoms with van der Waals surface area (Å²) in [5.74, 6) is -0.738. The van der Waals surface area contributed by atoms with Crippen molar-refractivity contribution < 1.29 is 27.8 Å². The van der Waals surface area contributed by atoms with Gasteiger partial charge in [-0.05, 0) is 60.7 Å². The summed E-state index contributed by atoms with van der Waals surface area (Å²) in [4.78, 5) is 33.3. The molecule has 1 aliphatic rings. The third kappa shape index (κ3) is 6.59. The summed E-state index contributed by atoms with van der Waals surface area (Å²) in [5, 5.41) is 3.58. The Balaban J connectivity index is 1.35. The lowest BCUT2D eigenvalue weighted by Gasteiger charge is -2.28. The van der Waals surface area contributed by atoms with Crippen LogP contribution in [0.5, 0.6) is 11.5 Å². The van der Waals surface area contributed by atoms with E-state index in [4.69, 9.17) is 9.47 Å². The predicted octanol–water partition coefficient (Wildman–Crippen LogP) is 5.73. The van der Waals surface area contributed by atoms with Gasteiger partial charge >= 0.3 is 6.03 Å².